The fourth-order valence-corrected chi connectivity index (χ4v) is 5.98. The maximum atomic E-state index is 12.9. The van der Waals surface area contributed by atoms with Crippen molar-refractivity contribution in [2.24, 2.45) is 0 Å². The first-order valence-corrected chi connectivity index (χ1v) is 11.1. The number of rotatable bonds is 5. The summed E-state index contributed by atoms with van der Waals surface area (Å²) in [5.41, 5.74) is 3.38. The van der Waals surface area contributed by atoms with Crippen LogP contribution in [0, 0.1) is 20.8 Å². The molecular weight excluding hydrogens is 372 g/mol. The topological polar surface area (TPSA) is 59.1 Å². The number of anilines is 1. The van der Waals surface area contributed by atoms with Crippen molar-refractivity contribution >= 4 is 38.4 Å². The molecule has 3 rings (SSSR count). The van der Waals surface area contributed by atoms with Gasteiger partial charge in [-0.15, -0.1) is 22.7 Å². The molecule has 2 heterocycles. The van der Waals surface area contributed by atoms with Gasteiger partial charge in [0.2, 0.25) is 0 Å². The second kappa shape index (κ2) is 6.90. The minimum Gasteiger partial charge on any atom is -0.279 e. The van der Waals surface area contributed by atoms with E-state index >= 15 is 0 Å². The van der Waals surface area contributed by atoms with Crippen LogP contribution in [-0.4, -0.2) is 13.4 Å². The van der Waals surface area contributed by atoms with Crippen LogP contribution in [0.1, 0.15) is 27.9 Å². The van der Waals surface area contributed by atoms with Gasteiger partial charge in [-0.2, -0.15) is 0 Å². The predicted molar refractivity (Wildman–Crippen MR) is 106 cm³/mol. The zero-order valence-corrected chi connectivity index (χ0v) is 17.0. The zero-order valence-electron chi connectivity index (χ0n) is 14.6. The van der Waals surface area contributed by atoms with Crippen molar-refractivity contribution in [2.75, 3.05) is 4.72 Å². The molecule has 0 aliphatic heterocycles. The van der Waals surface area contributed by atoms with Crippen molar-refractivity contribution in [2.45, 2.75) is 39.0 Å². The van der Waals surface area contributed by atoms with E-state index in [-0.39, 0.29) is 0 Å². The van der Waals surface area contributed by atoms with Crippen LogP contribution in [0.2, 0.25) is 0 Å². The lowest BCUT2D eigenvalue weighted by Crippen LogP contribution is -2.14. The van der Waals surface area contributed by atoms with Gasteiger partial charge in [-0.3, -0.25) is 4.72 Å². The second-order valence-corrected chi connectivity index (χ2v) is 9.78. The van der Waals surface area contributed by atoms with E-state index in [0.29, 0.717) is 10.6 Å². The Hall–Kier alpha value is -1.70. The summed E-state index contributed by atoms with van der Waals surface area (Å²) in [4.78, 5) is 6.52. The van der Waals surface area contributed by atoms with E-state index in [4.69, 9.17) is 0 Å². The molecule has 0 saturated heterocycles. The highest BCUT2D eigenvalue weighted by molar-refractivity contribution is 7.93. The molecule has 2 aromatic heterocycles. The zero-order chi connectivity index (χ0) is 18.2. The monoisotopic (exact) mass is 392 g/mol. The molecule has 0 saturated carbocycles. The summed E-state index contributed by atoms with van der Waals surface area (Å²) in [7, 11) is -3.63. The molecule has 3 aromatic rings. The van der Waals surface area contributed by atoms with Gasteiger partial charge in [0.15, 0.2) is 0 Å². The molecule has 0 unspecified atom stereocenters. The number of hydrogen-bond donors (Lipinski definition) is 1. The van der Waals surface area contributed by atoms with Crippen LogP contribution in [0.15, 0.2) is 34.5 Å². The molecule has 1 aromatic carbocycles. The Labute approximate surface area is 156 Å². The third-order valence-electron chi connectivity index (χ3n) is 3.91. The number of nitrogens with one attached hydrogen (secondary N) is 1. The van der Waals surface area contributed by atoms with E-state index in [0.717, 1.165) is 38.0 Å². The maximum absolute atomic E-state index is 12.9. The van der Waals surface area contributed by atoms with Gasteiger partial charge in [-0.25, -0.2) is 13.4 Å². The second-order valence-electron chi connectivity index (χ2n) is 5.93. The van der Waals surface area contributed by atoms with Crippen molar-refractivity contribution in [3.05, 3.63) is 50.7 Å². The van der Waals surface area contributed by atoms with Gasteiger partial charge in [-0.1, -0.05) is 19.1 Å². The molecule has 0 radical (unpaired) electrons. The number of thiophene rings is 1. The van der Waals surface area contributed by atoms with Crippen molar-refractivity contribution in [3.8, 4) is 10.6 Å². The number of sulfonamides is 1. The van der Waals surface area contributed by atoms with Crippen LogP contribution in [-0.2, 0) is 16.4 Å². The Balaban J connectivity index is 1.96. The highest BCUT2D eigenvalue weighted by atomic mass is 32.2. The minimum atomic E-state index is -3.63. The van der Waals surface area contributed by atoms with Crippen LogP contribution in [0.5, 0.6) is 0 Å². The number of thiazole rings is 1. The summed E-state index contributed by atoms with van der Waals surface area (Å²) in [6.07, 6.45) is 0.883. The molecule has 0 amide bonds. The highest BCUT2D eigenvalue weighted by Crippen LogP contribution is 2.35. The molecule has 1 N–H and O–H groups in total. The minimum absolute atomic E-state index is 0.319. The van der Waals surface area contributed by atoms with Crippen molar-refractivity contribution in [1.82, 2.24) is 4.98 Å². The highest BCUT2D eigenvalue weighted by Gasteiger charge is 2.22. The Morgan fingerprint density at radius 1 is 1.16 bits per heavy atom. The van der Waals surface area contributed by atoms with Gasteiger partial charge < -0.3 is 0 Å². The van der Waals surface area contributed by atoms with Gasteiger partial charge >= 0.3 is 0 Å². The lowest BCUT2D eigenvalue weighted by Gasteiger charge is -2.11. The number of aryl methyl sites for hydroxylation is 4. The summed E-state index contributed by atoms with van der Waals surface area (Å²) >= 11 is 3.06. The molecule has 4 nitrogen and oxygen atoms in total. The summed E-state index contributed by atoms with van der Waals surface area (Å²) in [5.74, 6) is 0. The predicted octanol–water partition coefficient (Wildman–Crippen LogP) is 5.16. The van der Waals surface area contributed by atoms with E-state index < -0.39 is 10.0 Å². The van der Waals surface area contributed by atoms with Gasteiger partial charge in [0, 0.05) is 10.3 Å². The first-order valence-electron chi connectivity index (χ1n) is 7.95. The van der Waals surface area contributed by atoms with Crippen LogP contribution in [0.3, 0.4) is 0 Å². The molecule has 25 heavy (non-hydrogen) atoms. The lowest BCUT2D eigenvalue weighted by atomic mass is 10.1. The number of hydrogen-bond acceptors (Lipinski definition) is 5. The fraction of sp³-hybridized carbons (Fsp3) is 0.278. The number of aromatic nitrogens is 1. The standard InChI is InChI=1S/C18H20N2O2S3/c1-5-18-19-15(10-23-18)16-9-17(13(4)24-16)25(21,22)20-14-8-11(2)6-7-12(14)3/h6-10,20H,5H2,1-4H3. The van der Waals surface area contributed by atoms with Gasteiger partial charge in [0.1, 0.15) is 4.90 Å². The van der Waals surface area contributed by atoms with E-state index in [1.807, 2.05) is 44.4 Å². The van der Waals surface area contributed by atoms with E-state index in [2.05, 4.69) is 16.6 Å². The number of nitrogens with zero attached hydrogens (tertiary/aromatic N) is 1. The molecule has 0 atom stereocenters. The van der Waals surface area contributed by atoms with Gasteiger partial charge in [0.25, 0.3) is 10.0 Å². The summed E-state index contributed by atoms with van der Waals surface area (Å²) in [5, 5.41) is 3.04. The SMILES string of the molecule is CCc1nc(-c2cc(S(=O)(=O)Nc3cc(C)ccc3C)c(C)s2)cs1. The first kappa shape index (κ1) is 18.1. The third kappa shape index (κ3) is 3.78. The van der Waals surface area contributed by atoms with Crippen LogP contribution < -0.4 is 4.72 Å². The van der Waals surface area contributed by atoms with Gasteiger partial charge in [-0.05, 0) is 50.5 Å². The quantitative estimate of drug-likeness (QED) is 0.652. The molecule has 0 spiro atoms. The Morgan fingerprint density at radius 2 is 1.92 bits per heavy atom. The third-order valence-corrected chi connectivity index (χ3v) is 7.59. The molecule has 0 bridgehead atoms. The Kier molecular flexibility index (Phi) is 4.99. The molecule has 0 aliphatic carbocycles. The Bertz CT molecular complexity index is 1020. The first-order chi connectivity index (χ1) is 11.8. The number of benzene rings is 1. The van der Waals surface area contributed by atoms with Crippen LogP contribution in [0.4, 0.5) is 5.69 Å². The summed E-state index contributed by atoms with van der Waals surface area (Å²) in [6.45, 7) is 7.73. The van der Waals surface area contributed by atoms with E-state index in [1.165, 1.54) is 11.3 Å². The van der Waals surface area contributed by atoms with Crippen LogP contribution >= 0.6 is 22.7 Å². The maximum Gasteiger partial charge on any atom is 0.263 e. The smallest absolute Gasteiger partial charge is 0.263 e. The molecule has 0 fully saturated rings. The van der Waals surface area contributed by atoms with E-state index in [9.17, 15) is 8.42 Å². The normalized spacial score (nSPS) is 11.7. The molecular formula is C18H20N2O2S3. The molecule has 7 heteroatoms. The Morgan fingerprint density at radius 3 is 2.60 bits per heavy atom. The lowest BCUT2D eigenvalue weighted by molar-refractivity contribution is 0.601. The van der Waals surface area contributed by atoms with Crippen molar-refractivity contribution < 1.29 is 8.42 Å². The largest absolute Gasteiger partial charge is 0.279 e. The average molecular weight is 393 g/mol. The summed E-state index contributed by atoms with van der Waals surface area (Å²) in [6, 6.07) is 7.46. The molecule has 132 valence electrons. The van der Waals surface area contributed by atoms with Crippen molar-refractivity contribution in [1.29, 1.82) is 0 Å². The van der Waals surface area contributed by atoms with Gasteiger partial charge in [0.05, 0.1) is 21.3 Å². The van der Waals surface area contributed by atoms with Crippen LogP contribution in [0.25, 0.3) is 10.6 Å². The molecule has 0 aliphatic rings. The van der Waals surface area contributed by atoms with E-state index in [1.54, 1.807) is 17.4 Å². The van der Waals surface area contributed by atoms with Crippen molar-refractivity contribution in [3.63, 3.8) is 0 Å². The summed E-state index contributed by atoms with van der Waals surface area (Å²) < 4.78 is 28.5. The average Bonchev–Trinajstić information content (AvgIpc) is 3.17. The fourth-order valence-electron chi connectivity index (χ4n) is 2.49.